The lowest BCUT2D eigenvalue weighted by molar-refractivity contribution is -0.135. The molecule has 2 bridgehead atoms. The molecule has 2 amide bonds. The second-order valence-corrected chi connectivity index (χ2v) is 8.31. The molecular formula is C19H27N3O4. The van der Waals surface area contributed by atoms with Gasteiger partial charge in [-0.2, -0.15) is 0 Å². The number of rotatable bonds is 2. The van der Waals surface area contributed by atoms with Gasteiger partial charge in [-0.25, -0.2) is 4.79 Å². The number of fused-ring (bicyclic) bond motifs is 4. The molecule has 142 valence electrons. The van der Waals surface area contributed by atoms with E-state index >= 15 is 0 Å². The number of nitrogens with zero attached hydrogens (tertiary/aromatic N) is 2. The highest BCUT2D eigenvalue weighted by molar-refractivity contribution is 5.85. The number of nitrogens with one attached hydrogen (secondary N) is 1. The fourth-order valence-corrected chi connectivity index (χ4v) is 3.90. The van der Waals surface area contributed by atoms with Crippen molar-refractivity contribution in [2.75, 3.05) is 13.1 Å². The molecule has 0 saturated carbocycles. The second kappa shape index (κ2) is 6.78. The van der Waals surface area contributed by atoms with Crippen molar-refractivity contribution in [2.24, 2.45) is 5.92 Å². The molecule has 1 aromatic rings. The summed E-state index contributed by atoms with van der Waals surface area (Å²) in [6.45, 7) is 8.84. The lowest BCUT2D eigenvalue weighted by Gasteiger charge is -2.43. The van der Waals surface area contributed by atoms with E-state index in [4.69, 9.17) is 4.74 Å². The van der Waals surface area contributed by atoms with Gasteiger partial charge in [0.1, 0.15) is 11.6 Å². The van der Waals surface area contributed by atoms with Gasteiger partial charge in [-0.3, -0.25) is 9.59 Å². The third kappa shape index (κ3) is 3.92. The molecule has 1 N–H and O–H groups in total. The predicted octanol–water partition coefficient (Wildman–Crippen LogP) is 1.71. The first-order valence-corrected chi connectivity index (χ1v) is 9.12. The number of alkyl carbamates (subject to hydrolysis) is 1. The van der Waals surface area contributed by atoms with Crippen molar-refractivity contribution in [1.82, 2.24) is 14.8 Å². The van der Waals surface area contributed by atoms with Crippen LogP contribution in [-0.2, 0) is 16.1 Å². The first kappa shape index (κ1) is 18.5. The molecule has 1 fully saturated rings. The number of hydrogen-bond donors (Lipinski definition) is 1. The molecule has 0 spiro atoms. The number of hydrogen-bond acceptors (Lipinski definition) is 4. The van der Waals surface area contributed by atoms with Crippen molar-refractivity contribution in [3.8, 4) is 0 Å². The molecule has 3 atom stereocenters. The number of piperidine rings is 1. The highest BCUT2D eigenvalue weighted by atomic mass is 16.6. The number of aromatic nitrogens is 1. The summed E-state index contributed by atoms with van der Waals surface area (Å²) < 4.78 is 7.06. The Kier molecular flexibility index (Phi) is 4.82. The highest BCUT2D eigenvalue weighted by Gasteiger charge is 2.37. The van der Waals surface area contributed by atoms with E-state index in [1.165, 1.54) is 0 Å². The fourth-order valence-electron chi connectivity index (χ4n) is 3.90. The van der Waals surface area contributed by atoms with E-state index in [9.17, 15) is 14.4 Å². The van der Waals surface area contributed by atoms with Gasteiger partial charge in [0, 0.05) is 37.3 Å². The minimum absolute atomic E-state index is 0.0249. The van der Waals surface area contributed by atoms with Gasteiger partial charge in [-0.05, 0) is 46.1 Å². The van der Waals surface area contributed by atoms with Crippen LogP contribution in [0.1, 0.15) is 45.7 Å². The monoisotopic (exact) mass is 361 g/mol. The van der Waals surface area contributed by atoms with E-state index in [2.05, 4.69) is 5.32 Å². The Balaban J connectivity index is 1.67. The first-order chi connectivity index (χ1) is 12.1. The normalized spacial score (nSPS) is 23.0. The standard InChI is InChI=1S/C19H27N3O4/c1-12(20-18(25)26-19(2,3)4)17(24)21-9-13-8-14(11-21)15-6-5-7-16(23)22(15)10-13/h5-7,12-14H,8-11H2,1-4H3,(H,20,25)/t12-,13+,14-/m0/s1. The Morgan fingerprint density at radius 1 is 1.23 bits per heavy atom. The number of carbonyl (C=O) groups excluding carboxylic acids is 2. The Morgan fingerprint density at radius 2 is 1.96 bits per heavy atom. The zero-order chi connectivity index (χ0) is 19.1. The van der Waals surface area contributed by atoms with Crippen LogP contribution in [0.25, 0.3) is 0 Å². The van der Waals surface area contributed by atoms with E-state index in [-0.39, 0.29) is 23.3 Å². The number of amides is 2. The van der Waals surface area contributed by atoms with E-state index < -0.39 is 17.7 Å². The molecule has 2 aliphatic rings. The summed E-state index contributed by atoms with van der Waals surface area (Å²) in [5.41, 5.74) is 0.419. The number of pyridine rings is 1. The van der Waals surface area contributed by atoms with E-state index in [1.54, 1.807) is 39.8 Å². The molecule has 26 heavy (non-hydrogen) atoms. The lowest BCUT2D eigenvalue weighted by atomic mass is 9.83. The molecule has 0 aromatic carbocycles. The summed E-state index contributed by atoms with van der Waals surface area (Å²) in [4.78, 5) is 38.6. The van der Waals surface area contributed by atoms with Gasteiger partial charge in [-0.15, -0.1) is 0 Å². The van der Waals surface area contributed by atoms with Crippen molar-refractivity contribution < 1.29 is 14.3 Å². The van der Waals surface area contributed by atoms with Crippen LogP contribution in [-0.4, -0.2) is 46.2 Å². The van der Waals surface area contributed by atoms with Crippen LogP contribution in [0, 0.1) is 5.92 Å². The molecule has 0 radical (unpaired) electrons. The van der Waals surface area contributed by atoms with Crippen LogP contribution in [0.3, 0.4) is 0 Å². The van der Waals surface area contributed by atoms with Crippen molar-refractivity contribution in [3.05, 3.63) is 34.2 Å². The van der Waals surface area contributed by atoms with Gasteiger partial charge in [0.25, 0.3) is 5.56 Å². The van der Waals surface area contributed by atoms with Crippen LogP contribution in [0.4, 0.5) is 4.79 Å². The van der Waals surface area contributed by atoms with Crippen molar-refractivity contribution in [2.45, 2.75) is 58.2 Å². The quantitative estimate of drug-likeness (QED) is 0.869. The Morgan fingerprint density at radius 3 is 2.65 bits per heavy atom. The second-order valence-electron chi connectivity index (χ2n) is 8.31. The topological polar surface area (TPSA) is 80.6 Å². The van der Waals surface area contributed by atoms with Crippen LogP contribution < -0.4 is 10.9 Å². The highest BCUT2D eigenvalue weighted by Crippen LogP contribution is 2.35. The molecule has 1 saturated heterocycles. The molecule has 0 aliphatic carbocycles. The average Bonchev–Trinajstić information content (AvgIpc) is 2.53. The molecule has 1 aromatic heterocycles. The van der Waals surface area contributed by atoms with Crippen LogP contribution in [0.2, 0.25) is 0 Å². The van der Waals surface area contributed by atoms with Gasteiger partial charge in [0.05, 0.1) is 0 Å². The zero-order valence-electron chi connectivity index (χ0n) is 15.8. The zero-order valence-corrected chi connectivity index (χ0v) is 15.8. The van der Waals surface area contributed by atoms with E-state index in [1.807, 2.05) is 15.5 Å². The molecule has 0 unspecified atom stereocenters. The van der Waals surface area contributed by atoms with Gasteiger partial charge in [0.15, 0.2) is 0 Å². The van der Waals surface area contributed by atoms with Crippen LogP contribution in [0.15, 0.2) is 23.0 Å². The molecular weight excluding hydrogens is 334 g/mol. The van der Waals surface area contributed by atoms with Crippen molar-refractivity contribution in [1.29, 1.82) is 0 Å². The molecule has 3 heterocycles. The smallest absolute Gasteiger partial charge is 0.408 e. The number of ether oxygens (including phenoxy) is 1. The Labute approximate surface area is 153 Å². The SMILES string of the molecule is C[C@H](NC(=O)OC(C)(C)C)C(=O)N1C[C@H]2C[C@@H](C1)c1cccc(=O)n1C2. The first-order valence-electron chi connectivity index (χ1n) is 9.12. The minimum atomic E-state index is -0.651. The number of likely N-dealkylation sites (tertiary alicyclic amines) is 1. The molecule has 3 rings (SSSR count). The summed E-state index contributed by atoms with van der Waals surface area (Å²) in [5.74, 6) is 0.311. The predicted molar refractivity (Wildman–Crippen MR) is 97.0 cm³/mol. The van der Waals surface area contributed by atoms with Crippen LogP contribution in [0.5, 0.6) is 0 Å². The molecule has 7 heteroatoms. The maximum atomic E-state index is 12.8. The summed E-state index contributed by atoms with van der Waals surface area (Å²) >= 11 is 0. The third-order valence-electron chi connectivity index (χ3n) is 4.90. The molecule has 7 nitrogen and oxygen atoms in total. The lowest BCUT2D eigenvalue weighted by Crippen LogP contribution is -2.54. The van der Waals surface area contributed by atoms with Gasteiger partial charge in [-0.1, -0.05) is 6.07 Å². The summed E-state index contributed by atoms with van der Waals surface area (Å²) in [6, 6.07) is 4.68. The Hall–Kier alpha value is -2.31. The Bertz CT molecular complexity index is 765. The third-order valence-corrected chi connectivity index (χ3v) is 4.90. The largest absolute Gasteiger partial charge is 0.444 e. The van der Waals surface area contributed by atoms with Crippen molar-refractivity contribution >= 4 is 12.0 Å². The van der Waals surface area contributed by atoms with E-state index in [0.29, 0.717) is 19.6 Å². The van der Waals surface area contributed by atoms with Gasteiger partial charge < -0.3 is 19.5 Å². The summed E-state index contributed by atoms with van der Waals surface area (Å²) in [7, 11) is 0. The average molecular weight is 361 g/mol. The maximum Gasteiger partial charge on any atom is 0.408 e. The van der Waals surface area contributed by atoms with E-state index in [0.717, 1.165) is 12.1 Å². The van der Waals surface area contributed by atoms with Crippen molar-refractivity contribution in [3.63, 3.8) is 0 Å². The molecule has 2 aliphatic heterocycles. The van der Waals surface area contributed by atoms with Crippen LogP contribution >= 0.6 is 0 Å². The number of carbonyl (C=O) groups is 2. The fraction of sp³-hybridized carbons (Fsp3) is 0.632. The summed E-state index contributed by atoms with van der Waals surface area (Å²) in [5, 5.41) is 2.62. The summed E-state index contributed by atoms with van der Waals surface area (Å²) in [6.07, 6.45) is 0.397. The maximum absolute atomic E-state index is 12.8. The van der Waals surface area contributed by atoms with Gasteiger partial charge in [0.2, 0.25) is 5.91 Å². The minimum Gasteiger partial charge on any atom is -0.444 e. The van der Waals surface area contributed by atoms with Gasteiger partial charge >= 0.3 is 6.09 Å².